The van der Waals surface area contributed by atoms with Gasteiger partial charge in [0.05, 0.1) is 27.4 Å². The van der Waals surface area contributed by atoms with Crippen LogP contribution in [-0.4, -0.2) is 82.8 Å². The molecule has 16 heteroatoms. The van der Waals surface area contributed by atoms with Gasteiger partial charge in [-0.05, 0) is 50.1 Å². The number of alkyl halides is 4. The first-order valence-electron chi connectivity index (χ1n) is 16.0. The van der Waals surface area contributed by atoms with E-state index in [1.165, 1.54) is 11.0 Å². The van der Waals surface area contributed by atoms with E-state index in [1.54, 1.807) is 11.8 Å². The van der Waals surface area contributed by atoms with Gasteiger partial charge in [-0.25, -0.2) is 18.0 Å². The van der Waals surface area contributed by atoms with Crippen molar-refractivity contribution in [2.45, 2.75) is 50.1 Å². The smallest absolute Gasteiger partial charge is 0.417 e. The Morgan fingerprint density at radius 2 is 2.02 bits per heavy atom. The molecule has 7 rings (SSSR count). The number of piperazine rings is 1. The summed E-state index contributed by atoms with van der Waals surface area (Å²) in [6.45, 7) is 14.3. The van der Waals surface area contributed by atoms with Crippen LogP contribution in [0.4, 0.5) is 42.8 Å². The Bertz CT molecular complexity index is 2100. The molecule has 50 heavy (non-hydrogen) atoms. The van der Waals surface area contributed by atoms with E-state index in [9.17, 15) is 26.7 Å². The monoisotopic (exact) mass is 715 g/mol. The highest BCUT2D eigenvalue weighted by atomic mass is 32.1. The van der Waals surface area contributed by atoms with Crippen LogP contribution in [0.2, 0.25) is 0 Å². The molecular formula is C34H31F6N7O2S. The average molecular weight is 716 g/mol. The van der Waals surface area contributed by atoms with Gasteiger partial charge in [0.1, 0.15) is 29.9 Å². The second-order valence-corrected chi connectivity index (χ2v) is 14.0. The molecule has 1 amide bonds. The molecule has 3 aliphatic rings. The maximum atomic E-state index is 17.1. The van der Waals surface area contributed by atoms with Crippen LogP contribution in [-0.2, 0) is 11.0 Å². The zero-order valence-electron chi connectivity index (χ0n) is 26.8. The van der Waals surface area contributed by atoms with Crippen LogP contribution in [0, 0.1) is 18.2 Å². The summed E-state index contributed by atoms with van der Waals surface area (Å²) in [6.07, 6.45) is -3.29. The van der Waals surface area contributed by atoms with Crippen molar-refractivity contribution in [2.75, 3.05) is 50.0 Å². The molecule has 3 atom stereocenters. The summed E-state index contributed by atoms with van der Waals surface area (Å²) in [5, 5.41) is -0.626. The van der Waals surface area contributed by atoms with Crippen LogP contribution >= 0.6 is 11.3 Å². The van der Waals surface area contributed by atoms with Crippen molar-refractivity contribution in [3.63, 3.8) is 0 Å². The Balaban J connectivity index is 1.45. The largest absolute Gasteiger partial charge is 0.461 e. The van der Waals surface area contributed by atoms with Gasteiger partial charge >= 0.3 is 12.2 Å². The van der Waals surface area contributed by atoms with Crippen LogP contribution in [0.15, 0.2) is 30.9 Å². The van der Waals surface area contributed by atoms with Crippen molar-refractivity contribution < 1.29 is 35.9 Å². The van der Waals surface area contributed by atoms with Crippen LogP contribution < -0.4 is 15.4 Å². The van der Waals surface area contributed by atoms with Gasteiger partial charge in [-0.15, -0.1) is 11.3 Å². The number of nitrogen functional groups attached to an aromatic ring is 1. The highest BCUT2D eigenvalue weighted by Crippen LogP contribution is 2.51. The number of amides is 1. The molecular weight excluding hydrogens is 684 g/mol. The van der Waals surface area contributed by atoms with Crippen molar-refractivity contribution >= 4 is 54.7 Å². The third-order valence-corrected chi connectivity index (χ3v) is 11.0. The molecule has 3 fully saturated rings. The minimum Gasteiger partial charge on any atom is -0.461 e. The number of rotatable bonds is 6. The molecule has 0 saturated carbocycles. The van der Waals surface area contributed by atoms with Gasteiger partial charge in [0, 0.05) is 55.0 Å². The third kappa shape index (κ3) is 5.47. The maximum absolute atomic E-state index is 17.1. The van der Waals surface area contributed by atoms with E-state index in [-0.39, 0.29) is 88.7 Å². The molecule has 4 aromatic rings. The zero-order chi connectivity index (χ0) is 35.7. The Kier molecular flexibility index (Phi) is 8.33. The molecule has 0 radical (unpaired) electrons. The van der Waals surface area contributed by atoms with Crippen LogP contribution in [0.3, 0.4) is 0 Å². The SMILES string of the molecule is [C-]#[N+]c1c(N)sc2c(F)ccc(-c3c(C(F)(F)F)cc4c(N5CCN(C(=O)C=C)C[C@@H]5C)nc(OC[C@@]56CCCN5C[C@H](F)C6)nc4c3F)c12. The van der Waals surface area contributed by atoms with E-state index in [2.05, 4.69) is 21.4 Å². The molecule has 0 spiro atoms. The highest BCUT2D eigenvalue weighted by Gasteiger charge is 2.49. The molecule has 9 nitrogen and oxygen atoms in total. The number of anilines is 2. The van der Waals surface area contributed by atoms with Gasteiger partial charge in [0.2, 0.25) is 11.6 Å². The van der Waals surface area contributed by atoms with Crippen molar-refractivity contribution in [1.82, 2.24) is 19.8 Å². The lowest BCUT2D eigenvalue weighted by Crippen LogP contribution is -2.53. The Labute approximate surface area is 286 Å². The number of carbonyl (C=O) groups is 1. The van der Waals surface area contributed by atoms with E-state index in [4.69, 9.17) is 17.0 Å². The normalized spacial score (nSPS) is 22.7. The topological polar surface area (TPSA) is 92.2 Å². The number of carbonyl (C=O) groups excluding carboxylic acids is 1. The quantitative estimate of drug-likeness (QED) is 0.129. The molecule has 3 aliphatic heterocycles. The van der Waals surface area contributed by atoms with E-state index < -0.39 is 52.2 Å². The van der Waals surface area contributed by atoms with Crippen molar-refractivity contribution in [2.24, 2.45) is 0 Å². The second-order valence-electron chi connectivity index (χ2n) is 13.0. The first kappa shape index (κ1) is 33.9. The van der Waals surface area contributed by atoms with E-state index in [1.807, 2.05) is 4.90 Å². The summed E-state index contributed by atoms with van der Waals surface area (Å²) < 4.78 is 97.3. The minimum atomic E-state index is -5.12. The molecule has 2 aromatic heterocycles. The lowest BCUT2D eigenvalue weighted by molar-refractivity contribution is -0.137. The fraction of sp³-hybridized carbons (Fsp3) is 0.412. The van der Waals surface area contributed by atoms with Crippen molar-refractivity contribution in [1.29, 1.82) is 0 Å². The van der Waals surface area contributed by atoms with Crippen molar-refractivity contribution in [3.05, 3.63) is 59.5 Å². The number of thiophene rings is 1. The van der Waals surface area contributed by atoms with E-state index >= 15 is 4.39 Å². The summed E-state index contributed by atoms with van der Waals surface area (Å²) in [6, 6.07) is 1.86. The predicted octanol–water partition coefficient (Wildman–Crippen LogP) is 7.12. The number of hydrogen-bond donors (Lipinski definition) is 1. The van der Waals surface area contributed by atoms with Crippen LogP contribution in [0.5, 0.6) is 6.01 Å². The molecule has 5 heterocycles. The number of ether oxygens (including phenoxy) is 1. The Morgan fingerprint density at radius 3 is 2.72 bits per heavy atom. The standard InChI is InChI=1S/C34H31F6N7O2S/c1-4-23(48)45-10-11-47(17(2)14-45)31-20-12-21(34(38,39)40)24(19-6-7-22(36)29-25(19)28(42-3)30(41)50-29)26(37)27(20)43-32(44-31)49-16-33-8-5-9-46(33)15-18(35)13-33/h4,6-7,12,17-18H,1,5,8-11,13-16,41H2,2H3/t17-,18+,33-/m0/s1. The fourth-order valence-corrected chi connectivity index (χ4v) is 8.64. The summed E-state index contributed by atoms with van der Waals surface area (Å²) >= 11 is 0.683. The number of benzene rings is 2. The zero-order valence-corrected chi connectivity index (χ0v) is 27.6. The lowest BCUT2D eigenvalue weighted by Gasteiger charge is -2.40. The summed E-state index contributed by atoms with van der Waals surface area (Å²) in [5.41, 5.74) is 1.86. The van der Waals surface area contributed by atoms with E-state index in [0.717, 1.165) is 24.6 Å². The second kappa shape index (κ2) is 12.3. The van der Waals surface area contributed by atoms with E-state index in [0.29, 0.717) is 24.3 Å². The summed E-state index contributed by atoms with van der Waals surface area (Å²) in [7, 11) is 0. The Hall–Kier alpha value is -4.62. The first-order chi connectivity index (χ1) is 23.8. The fourth-order valence-electron chi connectivity index (χ4n) is 7.70. The van der Waals surface area contributed by atoms with Gasteiger partial charge in [0.15, 0.2) is 5.82 Å². The molecule has 3 saturated heterocycles. The molecule has 0 aliphatic carbocycles. The van der Waals surface area contributed by atoms with Crippen molar-refractivity contribution in [3.8, 4) is 17.1 Å². The average Bonchev–Trinajstić information content (AvgIpc) is 3.72. The number of nitrogens with two attached hydrogens (primary N) is 1. The summed E-state index contributed by atoms with van der Waals surface area (Å²) in [5.74, 6) is -2.56. The van der Waals surface area contributed by atoms with Crippen LogP contribution in [0.1, 0.15) is 31.7 Å². The predicted molar refractivity (Wildman–Crippen MR) is 178 cm³/mol. The molecule has 2 N–H and O–H groups in total. The molecule has 2 aromatic carbocycles. The van der Waals surface area contributed by atoms with Crippen LogP contribution in [0.25, 0.3) is 37.0 Å². The molecule has 0 bridgehead atoms. The first-order valence-corrected chi connectivity index (χ1v) is 16.8. The number of hydrogen-bond acceptors (Lipinski definition) is 8. The lowest BCUT2D eigenvalue weighted by atomic mass is 9.93. The number of fused-ring (bicyclic) bond motifs is 3. The number of nitrogens with zero attached hydrogens (tertiary/aromatic N) is 6. The number of aromatic nitrogens is 2. The minimum absolute atomic E-state index is 0.0220. The molecule has 0 unspecified atom stereocenters. The molecule has 262 valence electrons. The van der Waals surface area contributed by atoms with Gasteiger partial charge in [-0.2, -0.15) is 23.1 Å². The summed E-state index contributed by atoms with van der Waals surface area (Å²) in [4.78, 5) is 29.8. The van der Waals surface area contributed by atoms with Gasteiger partial charge in [-0.1, -0.05) is 12.6 Å². The Morgan fingerprint density at radius 1 is 1.24 bits per heavy atom. The maximum Gasteiger partial charge on any atom is 0.417 e. The van der Waals surface area contributed by atoms with Gasteiger partial charge < -0.3 is 20.3 Å². The highest BCUT2D eigenvalue weighted by molar-refractivity contribution is 7.23. The third-order valence-electron chi connectivity index (χ3n) is 9.99. The van der Waals surface area contributed by atoms with Gasteiger partial charge in [-0.3, -0.25) is 9.69 Å². The van der Waals surface area contributed by atoms with Gasteiger partial charge in [0.25, 0.3) is 0 Å². The number of halogens is 6.